The summed E-state index contributed by atoms with van der Waals surface area (Å²) in [7, 11) is -4.08. The summed E-state index contributed by atoms with van der Waals surface area (Å²) in [4.78, 5) is 12.3. The molecule has 0 saturated carbocycles. The zero-order valence-electron chi connectivity index (χ0n) is 10.0. The minimum atomic E-state index is -4.86. The van der Waals surface area contributed by atoms with Crippen LogP contribution in [0.2, 0.25) is 0 Å². The number of aliphatic imine (C=N–C) groups is 1. The molecule has 0 aliphatic carbocycles. The minimum absolute atomic E-state index is 0.301. The van der Waals surface area contributed by atoms with Gasteiger partial charge in [0.1, 0.15) is 0 Å². The molecule has 0 aliphatic heterocycles. The zero-order valence-corrected chi connectivity index (χ0v) is 10.8. The first-order valence-corrected chi connectivity index (χ1v) is 6.68. The molecular formula is C11H10F3NO3S. The summed E-state index contributed by atoms with van der Waals surface area (Å²) in [5, 5.41) is -0.992. The molecule has 0 spiro atoms. The Kier molecular flexibility index (Phi) is 4.17. The number of benzene rings is 1. The van der Waals surface area contributed by atoms with Crippen molar-refractivity contribution in [3.63, 3.8) is 0 Å². The van der Waals surface area contributed by atoms with Crippen LogP contribution in [-0.4, -0.2) is 19.7 Å². The average Bonchev–Trinajstić information content (AvgIpc) is 2.27. The fraction of sp³-hybridized carbons (Fsp3) is 0.364. The van der Waals surface area contributed by atoms with Crippen LogP contribution in [0.25, 0.3) is 0 Å². The van der Waals surface area contributed by atoms with Crippen molar-refractivity contribution in [2.75, 3.05) is 0 Å². The Morgan fingerprint density at radius 1 is 1.26 bits per heavy atom. The lowest BCUT2D eigenvalue weighted by Crippen LogP contribution is -2.19. The Hall–Kier alpha value is -1.66. The summed E-state index contributed by atoms with van der Waals surface area (Å²) >= 11 is 0. The molecule has 4 nitrogen and oxygen atoms in total. The van der Waals surface area contributed by atoms with Gasteiger partial charge in [0.05, 0.1) is 21.4 Å². The Morgan fingerprint density at radius 3 is 2.26 bits per heavy atom. The number of halogens is 3. The molecule has 0 amide bonds. The third kappa shape index (κ3) is 3.21. The van der Waals surface area contributed by atoms with Gasteiger partial charge in [-0.15, -0.1) is 0 Å². The second kappa shape index (κ2) is 5.14. The Morgan fingerprint density at radius 2 is 1.84 bits per heavy atom. The molecule has 8 heteroatoms. The summed E-state index contributed by atoms with van der Waals surface area (Å²) in [5.74, 6) is 0. The largest absolute Gasteiger partial charge is 0.417 e. The van der Waals surface area contributed by atoms with Crippen molar-refractivity contribution in [3.8, 4) is 0 Å². The Balaban J connectivity index is 3.63. The number of alkyl halides is 3. The van der Waals surface area contributed by atoms with Gasteiger partial charge in [-0.25, -0.2) is 13.2 Å². The van der Waals surface area contributed by atoms with E-state index in [0.717, 1.165) is 18.2 Å². The summed E-state index contributed by atoms with van der Waals surface area (Å²) < 4.78 is 62.3. The molecule has 104 valence electrons. The maximum absolute atomic E-state index is 12.9. The average molecular weight is 293 g/mol. The van der Waals surface area contributed by atoms with Crippen LogP contribution in [0.3, 0.4) is 0 Å². The lowest BCUT2D eigenvalue weighted by Gasteiger charge is -2.15. The van der Waals surface area contributed by atoms with Crippen molar-refractivity contribution in [1.82, 2.24) is 0 Å². The number of isocyanates is 1. The zero-order chi connectivity index (χ0) is 14.8. The van der Waals surface area contributed by atoms with E-state index in [4.69, 9.17) is 0 Å². The lowest BCUT2D eigenvalue weighted by atomic mass is 10.2. The summed E-state index contributed by atoms with van der Waals surface area (Å²) in [6.45, 7) is 2.57. The van der Waals surface area contributed by atoms with Crippen LogP contribution >= 0.6 is 0 Å². The van der Waals surface area contributed by atoms with Gasteiger partial charge in [-0.1, -0.05) is 0 Å². The van der Waals surface area contributed by atoms with Gasteiger partial charge >= 0.3 is 6.18 Å². The van der Waals surface area contributed by atoms with Crippen LogP contribution in [0.4, 0.5) is 18.9 Å². The van der Waals surface area contributed by atoms with E-state index in [9.17, 15) is 26.4 Å². The Labute approximate surface area is 107 Å². The quantitative estimate of drug-likeness (QED) is 0.636. The number of hydrogen-bond acceptors (Lipinski definition) is 4. The van der Waals surface area contributed by atoms with E-state index in [0.29, 0.717) is 6.07 Å². The Bertz CT molecular complexity index is 629. The van der Waals surface area contributed by atoms with Gasteiger partial charge in [-0.2, -0.15) is 18.2 Å². The SMILES string of the molecule is CC(C)S(=O)(=O)c1ccc(N=C=O)cc1C(F)(F)F. The molecule has 0 radical (unpaired) electrons. The maximum atomic E-state index is 12.9. The van der Waals surface area contributed by atoms with Crippen LogP contribution in [0.5, 0.6) is 0 Å². The van der Waals surface area contributed by atoms with Gasteiger partial charge in [-0.05, 0) is 32.0 Å². The van der Waals surface area contributed by atoms with Crippen LogP contribution in [0.15, 0.2) is 28.1 Å². The lowest BCUT2D eigenvalue weighted by molar-refractivity contribution is -0.139. The molecule has 0 heterocycles. The van der Waals surface area contributed by atoms with Crippen LogP contribution in [0, 0.1) is 0 Å². The van der Waals surface area contributed by atoms with Crippen molar-refractivity contribution >= 4 is 21.6 Å². The minimum Gasteiger partial charge on any atom is -0.223 e. The number of nitrogens with zero attached hydrogens (tertiary/aromatic N) is 1. The number of carbonyl (C=O) groups excluding carboxylic acids is 1. The van der Waals surface area contributed by atoms with Crippen molar-refractivity contribution in [3.05, 3.63) is 23.8 Å². The van der Waals surface area contributed by atoms with E-state index >= 15 is 0 Å². The fourth-order valence-electron chi connectivity index (χ4n) is 1.36. The molecule has 0 aromatic heterocycles. The smallest absolute Gasteiger partial charge is 0.223 e. The van der Waals surface area contributed by atoms with Gasteiger partial charge in [0.25, 0.3) is 0 Å². The van der Waals surface area contributed by atoms with Gasteiger partial charge in [0.2, 0.25) is 6.08 Å². The van der Waals surface area contributed by atoms with Crippen molar-refractivity contribution in [1.29, 1.82) is 0 Å². The fourth-order valence-corrected chi connectivity index (χ4v) is 2.61. The van der Waals surface area contributed by atoms with E-state index in [1.165, 1.54) is 13.8 Å². The highest BCUT2D eigenvalue weighted by Crippen LogP contribution is 2.37. The van der Waals surface area contributed by atoms with Crippen LogP contribution in [-0.2, 0) is 20.8 Å². The van der Waals surface area contributed by atoms with Gasteiger partial charge < -0.3 is 0 Å². The van der Waals surface area contributed by atoms with Crippen LogP contribution in [0.1, 0.15) is 19.4 Å². The van der Waals surface area contributed by atoms with Crippen molar-refractivity contribution in [2.24, 2.45) is 4.99 Å². The molecule has 1 aromatic carbocycles. The maximum Gasteiger partial charge on any atom is 0.417 e. The first kappa shape index (κ1) is 15.4. The van der Waals surface area contributed by atoms with Gasteiger partial charge in [0, 0.05) is 0 Å². The molecule has 1 rings (SSSR count). The summed E-state index contributed by atoms with van der Waals surface area (Å²) in [6, 6.07) is 2.34. The molecule has 0 bridgehead atoms. The molecule has 0 atom stereocenters. The van der Waals surface area contributed by atoms with Gasteiger partial charge in [-0.3, -0.25) is 0 Å². The second-order valence-corrected chi connectivity index (χ2v) is 6.45. The topological polar surface area (TPSA) is 63.6 Å². The number of rotatable bonds is 3. The van der Waals surface area contributed by atoms with Crippen molar-refractivity contribution in [2.45, 2.75) is 30.2 Å². The van der Waals surface area contributed by atoms with E-state index in [1.54, 1.807) is 0 Å². The van der Waals surface area contributed by atoms with E-state index in [1.807, 2.05) is 0 Å². The van der Waals surface area contributed by atoms with Crippen molar-refractivity contribution < 1.29 is 26.4 Å². The molecule has 1 aromatic rings. The molecule has 19 heavy (non-hydrogen) atoms. The van der Waals surface area contributed by atoms with E-state index in [-0.39, 0.29) is 5.69 Å². The first-order valence-electron chi connectivity index (χ1n) is 5.13. The first-order chi connectivity index (χ1) is 8.60. The second-order valence-electron chi connectivity index (χ2n) is 3.98. The van der Waals surface area contributed by atoms with E-state index < -0.39 is 31.7 Å². The number of hydrogen-bond donors (Lipinski definition) is 0. The summed E-state index contributed by atoms with van der Waals surface area (Å²) in [5.41, 5.74) is -1.64. The van der Waals surface area contributed by atoms with Gasteiger partial charge in [0.15, 0.2) is 9.84 Å². The monoisotopic (exact) mass is 293 g/mol. The molecule has 0 N–H and O–H groups in total. The highest BCUT2D eigenvalue weighted by atomic mass is 32.2. The molecule has 0 unspecified atom stereocenters. The summed E-state index contributed by atoms with van der Waals surface area (Å²) in [6.07, 6.45) is -3.75. The standard InChI is InChI=1S/C11H10F3NO3S/c1-7(2)19(17,18)10-4-3-8(15-6-16)5-9(10)11(12,13)14/h3-5,7H,1-2H3. The third-order valence-corrected chi connectivity index (χ3v) is 4.58. The molecular weight excluding hydrogens is 283 g/mol. The normalized spacial score (nSPS) is 12.3. The predicted octanol–water partition coefficient (Wildman–Crippen LogP) is 2.85. The van der Waals surface area contributed by atoms with Crippen LogP contribution < -0.4 is 0 Å². The molecule has 0 fully saturated rings. The molecule has 0 saturated heterocycles. The number of sulfone groups is 1. The highest BCUT2D eigenvalue weighted by Gasteiger charge is 2.38. The molecule has 0 aliphatic rings. The predicted molar refractivity (Wildman–Crippen MR) is 61.5 cm³/mol. The third-order valence-electron chi connectivity index (χ3n) is 2.37. The highest BCUT2D eigenvalue weighted by molar-refractivity contribution is 7.92. The van der Waals surface area contributed by atoms with E-state index in [2.05, 4.69) is 4.99 Å².